The summed E-state index contributed by atoms with van der Waals surface area (Å²) in [5.41, 5.74) is 5.28. The van der Waals surface area contributed by atoms with Gasteiger partial charge < -0.3 is 10.3 Å². The van der Waals surface area contributed by atoms with Gasteiger partial charge in [-0.25, -0.2) is 9.37 Å². The number of halogens is 1. The smallest absolute Gasteiger partial charge is 0.224 e. The quantitative estimate of drug-likeness (QED) is 0.316. The van der Waals surface area contributed by atoms with Crippen molar-refractivity contribution in [2.24, 2.45) is 0 Å². The van der Waals surface area contributed by atoms with Gasteiger partial charge in [0.2, 0.25) is 5.91 Å². The highest BCUT2D eigenvalue weighted by Gasteiger charge is 2.18. The second-order valence-corrected chi connectivity index (χ2v) is 8.17. The van der Waals surface area contributed by atoms with E-state index in [0.717, 1.165) is 5.52 Å². The summed E-state index contributed by atoms with van der Waals surface area (Å²) in [6.07, 6.45) is 6.91. The first-order chi connectivity index (χ1) is 17.6. The van der Waals surface area contributed by atoms with Crippen LogP contribution in [-0.4, -0.2) is 41.0 Å². The number of pyridine rings is 3. The summed E-state index contributed by atoms with van der Waals surface area (Å²) in [6.45, 7) is 1.77. The highest BCUT2D eigenvalue weighted by Crippen LogP contribution is 2.33. The zero-order valence-electron chi connectivity index (χ0n) is 19.1. The molecule has 0 aliphatic heterocycles. The number of carbonyl (C=O) groups excluding carboxylic acids is 1. The van der Waals surface area contributed by atoms with Gasteiger partial charge in [-0.3, -0.25) is 24.8 Å². The van der Waals surface area contributed by atoms with Crippen molar-refractivity contribution >= 4 is 33.5 Å². The summed E-state index contributed by atoms with van der Waals surface area (Å²) in [6, 6.07) is 12.4. The minimum atomic E-state index is -0.486. The zero-order valence-corrected chi connectivity index (χ0v) is 19.1. The molecule has 5 heterocycles. The van der Waals surface area contributed by atoms with E-state index >= 15 is 4.39 Å². The van der Waals surface area contributed by atoms with Gasteiger partial charge in [0.1, 0.15) is 22.4 Å². The van der Waals surface area contributed by atoms with Crippen LogP contribution in [0.5, 0.6) is 0 Å². The molecule has 0 aliphatic rings. The molecular weight excluding hydrogens is 459 g/mol. The minimum absolute atomic E-state index is 0.128. The molecule has 0 radical (unpaired) electrons. The molecule has 36 heavy (non-hydrogen) atoms. The molecule has 6 aromatic rings. The van der Waals surface area contributed by atoms with E-state index in [-0.39, 0.29) is 11.4 Å². The fraction of sp³-hybridized carbons (Fsp3) is 0.0769. The molecule has 10 heteroatoms. The normalized spacial score (nSPS) is 11.3. The van der Waals surface area contributed by atoms with Crippen LogP contribution in [0, 0.1) is 5.82 Å². The zero-order chi connectivity index (χ0) is 24.6. The summed E-state index contributed by atoms with van der Waals surface area (Å²) in [4.78, 5) is 32.9. The lowest BCUT2D eigenvalue weighted by atomic mass is 10.0. The van der Waals surface area contributed by atoms with Crippen molar-refractivity contribution in [1.82, 2.24) is 35.1 Å². The predicted molar refractivity (Wildman–Crippen MR) is 134 cm³/mol. The summed E-state index contributed by atoms with van der Waals surface area (Å²) in [5, 5.41) is 10.4. The van der Waals surface area contributed by atoms with Gasteiger partial charge >= 0.3 is 0 Å². The number of aromatic amines is 2. The fourth-order valence-electron chi connectivity index (χ4n) is 4.08. The molecule has 0 atom stereocenters. The van der Waals surface area contributed by atoms with Crippen LogP contribution in [0.15, 0.2) is 67.3 Å². The Bertz CT molecular complexity index is 1740. The molecule has 9 nitrogen and oxygen atoms in total. The van der Waals surface area contributed by atoms with Crippen molar-refractivity contribution in [3.63, 3.8) is 0 Å². The number of hydrogen-bond acceptors (Lipinski definition) is 6. The lowest BCUT2D eigenvalue weighted by Gasteiger charge is -2.07. The number of aromatic nitrogens is 7. The Kier molecular flexibility index (Phi) is 5.18. The van der Waals surface area contributed by atoms with Crippen LogP contribution in [0.1, 0.15) is 13.3 Å². The number of nitrogens with zero attached hydrogens (tertiary/aromatic N) is 5. The summed E-state index contributed by atoms with van der Waals surface area (Å²) in [5.74, 6) is -0.117. The van der Waals surface area contributed by atoms with Crippen molar-refractivity contribution in [1.29, 1.82) is 0 Å². The molecule has 1 amide bonds. The third-order valence-electron chi connectivity index (χ3n) is 5.83. The van der Waals surface area contributed by atoms with Gasteiger partial charge in [0.15, 0.2) is 11.6 Å². The number of carbonyl (C=O) groups is 1. The molecule has 1 aromatic carbocycles. The summed E-state index contributed by atoms with van der Waals surface area (Å²) >= 11 is 0. The number of benzene rings is 1. The first-order valence-electron chi connectivity index (χ1n) is 11.3. The number of fused-ring (bicyclic) bond motifs is 2. The maximum atomic E-state index is 15.1. The summed E-state index contributed by atoms with van der Waals surface area (Å²) in [7, 11) is 0. The highest BCUT2D eigenvalue weighted by atomic mass is 19.1. The van der Waals surface area contributed by atoms with E-state index in [1.807, 2.05) is 30.3 Å². The van der Waals surface area contributed by atoms with Crippen molar-refractivity contribution < 1.29 is 9.18 Å². The Hall–Kier alpha value is -4.99. The monoisotopic (exact) mass is 478 g/mol. The minimum Gasteiger partial charge on any atom is -0.337 e. The number of nitrogens with one attached hydrogen (secondary N) is 3. The van der Waals surface area contributed by atoms with E-state index in [2.05, 4.69) is 35.5 Å². The molecule has 0 saturated heterocycles. The van der Waals surface area contributed by atoms with E-state index in [0.29, 0.717) is 57.0 Å². The van der Waals surface area contributed by atoms with E-state index in [1.54, 1.807) is 37.8 Å². The first kappa shape index (κ1) is 21.5. The Morgan fingerprint density at radius 2 is 1.94 bits per heavy atom. The van der Waals surface area contributed by atoms with E-state index < -0.39 is 5.82 Å². The van der Waals surface area contributed by atoms with Crippen LogP contribution in [0.3, 0.4) is 0 Å². The lowest BCUT2D eigenvalue weighted by molar-refractivity contribution is -0.115. The van der Waals surface area contributed by atoms with Gasteiger partial charge in [0.05, 0.1) is 23.1 Å². The van der Waals surface area contributed by atoms with Crippen LogP contribution >= 0.6 is 0 Å². The van der Waals surface area contributed by atoms with E-state index in [9.17, 15) is 4.79 Å². The van der Waals surface area contributed by atoms with E-state index in [4.69, 9.17) is 4.98 Å². The molecular formula is C26H19FN8O. The number of hydrogen-bond donors (Lipinski definition) is 3. The number of anilines is 1. The van der Waals surface area contributed by atoms with Gasteiger partial charge in [0.25, 0.3) is 0 Å². The third-order valence-corrected chi connectivity index (χ3v) is 5.83. The molecule has 0 bridgehead atoms. The topological polar surface area (TPSA) is 125 Å². The molecule has 176 valence electrons. The lowest BCUT2D eigenvalue weighted by Crippen LogP contribution is -2.09. The van der Waals surface area contributed by atoms with Crippen molar-refractivity contribution in [3.8, 4) is 34.0 Å². The van der Waals surface area contributed by atoms with Crippen LogP contribution in [0.25, 0.3) is 56.0 Å². The maximum absolute atomic E-state index is 15.1. The van der Waals surface area contributed by atoms with Crippen molar-refractivity contribution in [3.05, 3.63) is 73.1 Å². The molecule has 0 fully saturated rings. The maximum Gasteiger partial charge on any atom is 0.224 e. The molecule has 6 rings (SSSR count). The van der Waals surface area contributed by atoms with Crippen LogP contribution in [0.2, 0.25) is 0 Å². The molecule has 0 aliphatic carbocycles. The molecule has 0 spiro atoms. The second-order valence-electron chi connectivity index (χ2n) is 8.17. The average Bonchev–Trinajstić information content (AvgIpc) is 3.53. The Balaban J connectivity index is 1.46. The van der Waals surface area contributed by atoms with Crippen LogP contribution in [-0.2, 0) is 4.79 Å². The molecule has 0 unspecified atom stereocenters. The third kappa shape index (κ3) is 3.74. The van der Waals surface area contributed by atoms with Gasteiger partial charge in [-0.2, -0.15) is 5.10 Å². The molecule has 3 N–H and O–H groups in total. The number of imidazole rings is 1. The number of amides is 1. The van der Waals surface area contributed by atoms with Gasteiger partial charge in [-0.05, 0) is 42.0 Å². The number of H-pyrrole nitrogens is 2. The fourth-order valence-corrected chi connectivity index (χ4v) is 4.08. The van der Waals surface area contributed by atoms with E-state index in [1.165, 1.54) is 6.07 Å². The Morgan fingerprint density at radius 3 is 2.78 bits per heavy atom. The Morgan fingerprint density at radius 1 is 1.03 bits per heavy atom. The first-order valence-corrected chi connectivity index (χ1v) is 11.3. The molecule has 5 aromatic heterocycles. The van der Waals surface area contributed by atoms with Gasteiger partial charge in [-0.15, -0.1) is 0 Å². The largest absolute Gasteiger partial charge is 0.337 e. The SMILES string of the molecule is CCC(=O)Nc1cncc(-c2cc(F)c3n[nH]c(-c4nc5c(-c6ccccn6)nccc5[nH]4)c3c2)c1. The van der Waals surface area contributed by atoms with Gasteiger partial charge in [0, 0.05) is 36.0 Å². The van der Waals surface area contributed by atoms with Crippen molar-refractivity contribution in [2.45, 2.75) is 13.3 Å². The highest BCUT2D eigenvalue weighted by molar-refractivity contribution is 5.98. The number of rotatable bonds is 5. The summed E-state index contributed by atoms with van der Waals surface area (Å²) < 4.78 is 15.1. The Labute approximate surface area is 203 Å². The standard InChI is InChI=1S/C26H19FN8O/c1-2-21(36)31-16-9-15(12-28-13-16)14-10-17-22(18(27)11-14)34-35-23(17)26-32-20-6-8-30-24(25(20)33-26)19-5-3-4-7-29-19/h3-13H,2H2,1H3,(H,31,36)(H,32,33)(H,34,35). The van der Waals surface area contributed by atoms with Crippen LogP contribution < -0.4 is 5.32 Å². The predicted octanol–water partition coefficient (Wildman–Crippen LogP) is 5.11. The molecule has 0 saturated carbocycles. The average molecular weight is 478 g/mol. The van der Waals surface area contributed by atoms with Gasteiger partial charge in [-0.1, -0.05) is 13.0 Å². The van der Waals surface area contributed by atoms with Crippen molar-refractivity contribution in [2.75, 3.05) is 5.32 Å². The second kappa shape index (κ2) is 8.66. The van der Waals surface area contributed by atoms with Crippen LogP contribution in [0.4, 0.5) is 10.1 Å².